The summed E-state index contributed by atoms with van der Waals surface area (Å²) < 4.78 is 1.73. The molecule has 2 saturated carbocycles. The molecular formula is C18H23N5O. The van der Waals surface area contributed by atoms with Gasteiger partial charge >= 0.3 is 0 Å². The zero-order chi connectivity index (χ0) is 16.5. The molecule has 2 aromatic rings. The zero-order valence-corrected chi connectivity index (χ0v) is 14.0. The molecule has 0 aromatic carbocycles. The minimum Gasteiger partial charge on any atom is -0.366 e. The maximum absolute atomic E-state index is 12.2. The van der Waals surface area contributed by atoms with Crippen molar-refractivity contribution in [3.05, 3.63) is 46.3 Å². The molecule has 0 spiro atoms. The second-order valence-electron chi connectivity index (χ2n) is 6.96. The van der Waals surface area contributed by atoms with Crippen LogP contribution in [-0.2, 0) is 0 Å². The van der Waals surface area contributed by atoms with Gasteiger partial charge in [-0.05, 0) is 51.5 Å². The summed E-state index contributed by atoms with van der Waals surface area (Å²) in [5.74, 6) is 1.45. The van der Waals surface area contributed by atoms with Crippen LogP contribution in [0, 0.1) is 6.92 Å². The topological polar surface area (TPSA) is 72.7 Å². The minimum absolute atomic E-state index is 0.0283. The fourth-order valence-electron chi connectivity index (χ4n) is 3.51. The van der Waals surface area contributed by atoms with E-state index in [2.05, 4.69) is 20.4 Å². The number of hydrogen-bond acceptors (Lipinski definition) is 5. The number of aromatic nitrogens is 4. The highest BCUT2D eigenvalue weighted by Gasteiger charge is 2.28. The van der Waals surface area contributed by atoms with Crippen molar-refractivity contribution < 1.29 is 0 Å². The van der Waals surface area contributed by atoms with Crippen molar-refractivity contribution in [2.75, 3.05) is 5.32 Å². The van der Waals surface area contributed by atoms with E-state index < -0.39 is 0 Å². The van der Waals surface area contributed by atoms with Crippen LogP contribution < -0.4 is 10.9 Å². The first-order valence-electron chi connectivity index (χ1n) is 8.84. The maximum Gasteiger partial charge on any atom is 0.267 e. The Balaban J connectivity index is 1.42. The van der Waals surface area contributed by atoms with Crippen molar-refractivity contribution in [3.63, 3.8) is 0 Å². The molecule has 1 N–H and O–H groups in total. The van der Waals surface area contributed by atoms with Crippen molar-refractivity contribution in [2.24, 2.45) is 0 Å². The predicted octanol–water partition coefficient (Wildman–Crippen LogP) is 2.81. The van der Waals surface area contributed by atoms with E-state index in [0.717, 1.165) is 42.9 Å². The maximum atomic E-state index is 12.2. The Morgan fingerprint density at radius 1 is 1.04 bits per heavy atom. The van der Waals surface area contributed by atoms with Crippen LogP contribution in [0.5, 0.6) is 0 Å². The van der Waals surface area contributed by atoms with Crippen LogP contribution in [0.2, 0.25) is 0 Å². The number of nitrogens with zero attached hydrogens (tertiary/aromatic N) is 4. The smallest absolute Gasteiger partial charge is 0.267 e. The first-order valence-corrected chi connectivity index (χ1v) is 8.84. The summed E-state index contributed by atoms with van der Waals surface area (Å²) in [5, 5.41) is 8.14. The van der Waals surface area contributed by atoms with Crippen molar-refractivity contribution in [1.82, 2.24) is 19.7 Å². The predicted molar refractivity (Wildman–Crippen MR) is 92.2 cm³/mol. The third kappa shape index (κ3) is 3.18. The third-order valence-electron chi connectivity index (χ3n) is 5.11. The molecule has 24 heavy (non-hydrogen) atoms. The third-order valence-corrected chi connectivity index (χ3v) is 5.11. The van der Waals surface area contributed by atoms with Crippen LogP contribution in [0.25, 0.3) is 0 Å². The van der Waals surface area contributed by atoms with Crippen LogP contribution >= 0.6 is 0 Å². The Morgan fingerprint density at radius 3 is 2.50 bits per heavy atom. The molecule has 2 aromatic heterocycles. The first-order chi connectivity index (χ1) is 11.7. The SMILES string of the molecule is Cc1nccnc1NC1CCC(n2nc(C3CC3)ccc2=O)CC1. The van der Waals surface area contributed by atoms with E-state index in [0.29, 0.717) is 12.0 Å². The van der Waals surface area contributed by atoms with Crippen molar-refractivity contribution in [1.29, 1.82) is 0 Å². The summed E-state index contributed by atoms with van der Waals surface area (Å²) in [4.78, 5) is 20.8. The number of anilines is 1. The molecule has 126 valence electrons. The average Bonchev–Trinajstić information content (AvgIpc) is 3.43. The highest BCUT2D eigenvalue weighted by atomic mass is 16.1. The number of hydrogen-bond donors (Lipinski definition) is 1. The quantitative estimate of drug-likeness (QED) is 0.936. The molecule has 6 heteroatoms. The number of nitrogens with one attached hydrogen (secondary N) is 1. The van der Waals surface area contributed by atoms with Gasteiger partial charge in [0.05, 0.1) is 17.4 Å². The van der Waals surface area contributed by atoms with Gasteiger partial charge in [0.1, 0.15) is 5.82 Å². The second-order valence-corrected chi connectivity index (χ2v) is 6.96. The van der Waals surface area contributed by atoms with Crippen molar-refractivity contribution in [2.45, 2.75) is 63.5 Å². The first kappa shape index (κ1) is 15.3. The van der Waals surface area contributed by atoms with E-state index in [-0.39, 0.29) is 11.6 Å². The fraction of sp³-hybridized carbons (Fsp3) is 0.556. The van der Waals surface area contributed by atoms with Gasteiger partial charge in [-0.3, -0.25) is 9.78 Å². The highest BCUT2D eigenvalue weighted by molar-refractivity contribution is 5.39. The monoisotopic (exact) mass is 325 g/mol. The van der Waals surface area contributed by atoms with E-state index in [9.17, 15) is 4.79 Å². The molecule has 0 amide bonds. The van der Waals surface area contributed by atoms with E-state index >= 15 is 0 Å². The summed E-state index contributed by atoms with van der Waals surface area (Å²) in [5.41, 5.74) is 2.04. The Labute approximate surface area is 141 Å². The Morgan fingerprint density at radius 2 is 1.79 bits per heavy atom. The normalized spacial score (nSPS) is 23.9. The summed E-state index contributed by atoms with van der Waals surface area (Å²) in [6.45, 7) is 1.97. The Bertz CT molecular complexity index is 775. The van der Waals surface area contributed by atoms with Gasteiger partial charge in [-0.15, -0.1) is 0 Å². The molecule has 6 nitrogen and oxygen atoms in total. The molecule has 0 aliphatic heterocycles. The van der Waals surface area contributed by atoms with Gasteiger partial charge in [-0.25, -0.2) is 9.67 Å². The van der Waals surface area contributed by atoms with Crippen LogP contribution in [0.15, 0.2) is 29.3 Å². The van der Waals surface area contributed by atoms with Gasteiger partial charge in [0.25, 0.3) is 5.56 Å². The lowest BCUT2D eigenvalue weighted by Gasteiger charge is -2.30. The van der Waals surface area contributed by atoms with Gasteiger partial charge in [0.2, 0.25) is 0 Å². The zero-order valence-electron chi connectivity index (χ0n) is 14.0. The summed E-state index contributed by atoms with van der Waals surface area (Å²) in [6, 6.07) is 4.20. The summed E-state index contributed by atoms with van der Waals surface area (Å²) in [6.07, 6.45) is 9.82. The molecule has 0 unspecified atom stereocenters. The largest absolute Gasteiger partial charge is 0.366 e. The lowest BCUT2D eigenvalue weighted by molar-refractivity contribution is 0.301. The van der Waals surface area contributed by atoms with Gasteiger partial charge < -0.3 is 5.32 Å². The van der Waals surface area contributed by atoms with Crippen molar-refractivity contribution in [3.8, 4) is 0 Å². The van der Waals surface area contributed by atoms with Gasteiger partial charge in [-0.1, -0.05) is 0 Å². The van der Waals surface area contributed by atoms with Gasteiger partial charge in [-0.2, -0.15) is 5.10 Å². The molecule has 0 atom stereocenters. The molecule has 2 fully saturated rings. The summed E-state index contributed by atoms with van der Waals surface area (Å²) >= 11 is 0. The number of rotatable bonds is 4. The Kier molecular flexibility index (Phi) is 4.04. The van der Waals surface area contributed by atoms with Crippen LogP contribution in [0.3, 0.4) is 0 Å². The molecule has 2 heterocycles. The molecule has 4 rings (SSSR count). The highest BCUT2D eigenvalue weighted by Crippen LogP contribution is 2.38. The molecular weight excluding hydrogens is 302 g/mol. The minimum atomic E-state index is 0.0283. The van der Waals surface area contributed by atoms with Crippen molar-refractivity contribution >= 4 is 5.82 Å². The standard InChI is InChI=1S/C18H23N5O/c1-12-18(20-11-10-19-12)21-14-4-6-15(7-5-14)23-17(24)9-8-16(22-23)13-2-3-13/h8-11,13-15H,2-7H2,1H3,(H,20,21). The van der Waals surface area contributed by atoms with E-state index in [1.54, 1.807) is 23.1 Å². The Hall–Kier alpha value is -2.24. The number of aryl methyl sites for hydroxylation is 1. The lowest BCUT2D eigenvalue weighted by atomic mass is 9.91. The molecule has 2 aliphatic carbocycles. The second kappa shape index (κ2) is 6.34. The lowest BCUT2D eigenvalue weighted by Crippen LogP contribution is -2.33. The molecule has 0 radical (unpaired) electrons. The average molecular weight is 325 g/mol. The van der Waals surface area contributed by atoms with Crippen LogP contribution in [0.1, 0.15) is 61.9 Å². The molecule has 0 saturated heterocycles. The van der Waals surface area contributed by atoms with E-state index in [1.807, 2.05) is 13.0 Å². The fourth-order valence-corrected chi connectivity index (χ4v) is 3.51. The van der Waals surface area contributed by atoms with Gasteiger partial charge in [0, 0.05) is 30.4 Å². The molecule has 2 aliphatic rings. The van der Waals surface area contributed by atoms with Gasteiger partial charge in [0.15, 0.2) is 0 Å². The summed E-state index contributed by atoms with van der Waals surface area (Å²) in [7, 11) is 0. The molecule has 0 bridgehead atoms. The van der Waals surface area contributed by atoms with E-state index in [4.69, 9.17) is 0 Å². The van der Waals surface area contributed by atoms with Crippen LogP contribution in [0.4, 0.5) is 5.82 Å². The van der Waals surface area contributed by atoms with E-state index in [1.165, 1.54) is 12.8 Å². The van der Waals surface area contributed by atoms with Crippen LogP contribution in [-0.4, -0.2) is 25.8 Å².